The van der Waals surface area contributed by atoms with E-state index in [1.54, 1.807) is 42.7 Å². The highest BCUT2D eigenvalue weighted by molar-refractivity contribution is 7.92. The minimum atomic E-state index is -3.45. The number of sulfonamides is 1. The van der Waals surface area contributed by atoms with Crippen LogP contribution in [0.1, 0.15) is 18.4 Å². The Labute approximate surface area is 152 Å². The van der Waals surface area contributed by atoms with E-state index in [9.17, 15) is 13.2 Å². The first-order valence-electron chi connectivity index (χ1n) is 7.75. The van der Waals surface area contributed by atoms with Gasteiger partial charge in [-0.15, -0.1) is 0 Å². The van der Waals surface area contributed by atoms with Crippen LogP contribution in [0.3, 0.4) is 0 Å². The van der Waals surface area contributed by atoms with E-state index >= 15 is 0 Å². The minimum absolute atomic E-state index is 0.136. The first-order valence-corrected chi connectivity index (χ1v) is 9.98. The molecular formula is C17H20ClN3O3S. The van der Waals surface area contributed by atoms with Gasteiger partial charge < -0.3 is 5.32 Å². The van der Waals surface area contributed by atoms with Crippen molar-refractivity contribution in [2.45, 2.75) is 19.4 Å². The lowest BCUT2D eigenvalue weighted by Gasteiger charge is -2.22. The van der Waals surface area contributed by atoms with Crippen LogP contribution in [0, 0.1) is 0 Å². The molecule has 2 rings (SSSR count). The van der Waals surface area contributed by atoms with Gasteiger partial charge in [0.05, 0.1) is 11.9 Å². The SMILES string of the molecule is CS(=O)(=O)N(CCCC(=O)NCc1cccnc1)c1cccc(Cl)c1. The maximum absolute atomic E-state index is 12.0. The minimum Gasteiger partial charge on any atom is -0.352 e. The number of hydrogen-bond acceptors (Lipinski definition) is 4. The van der Waals surface area contributed by atoms with E-state index in [1.807, 2.05) is 6.07 Å². The zero-order chi connectivity index (χ0) is 18.3. The second-order valence-corrected chi connectivity index (χ2v) is 7.90. The number of pyridine rings is 1. The van der Waals surface area contributed by atoms with Crippen molar-refractivity contribution in [3.63, 3.8) is 0 Å². The summed E-state index contributed by atoms with van der Waals surface area (Å²) in [7, 11) is -3.45. The van der Waals surface area contributed by atoms with E-state index in [0.29, 0.717) is 23.7 Å². The third-order valence-electron chi connectivity index (χ3n) is 3.47. The lowest BCUT2D eigenvalue weighted by atomic mass is 10.2. The van der Waals surface area contributed by atoms with E-state index in [2.05, 4.69) is 10.3 Å². The molecule has 0 aliphatic rings. The quantitative estimate of drug-likeness (QED) is 0.762. The Hall–Kier alpha value is -2.12. The number of benzene rings is 1. The highest BCUT2D eigenvalue weighted by Gasteiger charge is 2.17. The number of nitrogens with one attached hydrogen (secondary N) is 1. The van der Waals surface area contributed by atoms with Crippen molar-refractivity contribution in [3.8, 4) is 0 Å². The Bertz CT molecular complexity index is 813. The molecule has 8 heteroatoms. The molecule has 0 atom stereocenters. The molecule has 0 spiro atoms. The van der Waals surface area contributed by atoms with Crippen LogP contribution in [0.4, 0.5) is 5.69 Å². The molecule has 0 radical (unpaired) electrons. The predicted octanol–water partition coefficient (Wildman–Crippen LogP) is 2.60. The number of hydrogen-bond donors (Lipinski definition) is 1. The second-order valence-electron chi connectivity index (χ2n) is 5.56. The first kappa shape index (κ1) is 19.2. The molecule has 1 N–H and O–H groups in total. The molecule has 0 bridgehead atoms. The molecule has 0 aliphatic heterocycles. The molecule has 1 aromatic heterocycles. The van der Waals surface area contributed by atoms with Crippen molar-refractivity contribution in [1.82, 2.24) is 10.3 Å². The van der Waals surface area contributed by atoms with E-state index in [-0.39, 0.29) is 18.9 Å². The molecule has 2 aromatic rings. The molecule has 1 aromatic carbocycles. The number of carbonyl (C=O) groups is 1. The molecular weight excluding hydrogens is 362 g/mol. The van der Waals surface area contributed by atoms with E-state index in [0.717, 1.165) is 11.8 Å². The molecule has 25 heavy (non-hydrogen) atoms. The van der Waals surface area contributed by atoms with Crippen molar-refractivity contribution in [1.29, 1.82) is 0 Å². The number of halogens is 1. The number of rotatable bonds is 8. The topological polar surface area (TPSA) is 79.4 Å². The fourth-order valence-electron chi connectivity index (χ4n) is 2.29. The Morgan fingerprint density at radius 1 is 1.28 bits per heavy atom. The predicted molar refractivity (Wildman–Crippen MR) is 99.0 cm³/mol. The number of amides is 1. The third-order valence-corrected chi connectivity index (χ3v) is 4.90. The van der Waals surface area contributed by atoms with Crippen molar-refractivity contribution in [2.24, 2.45) is 0 Å². The molecule has 6 nitrogen and oxygen atoms in total. The van der Waals surface area contributed by atoms with Crippen LogP contribution in [-0.2, 0) is 21.4 Å². The van der Waals surface area contributed by atoms with Crippen molar-refractivity contribution < 1.29 is 13.2 Å². The van der Waals surface area contributed by atoms with Gasteiger partial charge in [0.15, 0.2) is 0 Å². The summed E-state index contributed by atoms with van der Waals surface area (Å²) in [6, 6.07) is 10.3. The number of nitrogens with zero attached hydrogens (tertiary/aromatic N) is 2. The summed E-state index contributed by atoms with van der Waals surface area (Å²) in [5.74, 6) is -0.136. The van der Waals surface area contributed by atoms with Crippen molar-refractivity contribution in [3.05, 3.63) is 59.4 Å². The fourth-order valence-corrected chi connectivity index (χ4v) is 3.43. The summed E-state index contributed by atoms with van der Waals surface area (Å²) in [6.07, 6.45) is 5.12. The maximum atomic E-state index is 12.0. The van der Waals surface area contributed by atoms with Gasteiger partial charge in [-0.1, -0.05) is 23.7 Å². The second kappa shape index (κ2) is 8.82. The van der Waals surface area contributed by atoms with E-state index < -0.39 is 10.0 Å². The molecule has 1 heterocycles. The zero-order valence-electron chi connectivity index (χ0n) is 13.9. The Balaban J connectivity index is 1.87. The average molecular weight is 382 g/mol. The van der Waals surface area contributed by atoms with Crippen LogP contribution in [0.2, 0.25) is 5.02 Å². The van der Waals surface area contributed by atoms with Crippen molar-refractivity contribution >= 4 is 33.2 Å². The van der Waals surface area contributed by atoms with Gasteiger partial charge in [0.25, 0.3) is 0 Å². The lowest BCUT2D eigenvalue weighted by molar-refractivity contribution is -0.121. The Morgan fingerprint density at radius 3 is 2.72 bits per heavy atom. The number of carbonyl (C=O) groups excluding carboxylic acids is 1. The summed E-state index contributed by atoms with van der Waals surface area (Å²) in [6.45, 7) is 0.607. The van der Waals surface area contributed by atoms with Gasteiger partial charge in [-0.05, 0) is 36.2 Å². The monoisotopic (exact) mass is 381 g/mol. The molecule has 1 amide bonds. The summed E-state index contributed by atoms with van der Waals surface area (Å²) in [5.41, 5.74) is 1.40. The van der Waals surface area contributed by atoms with Gasteiger partial charge in [-0.2, -0.15) is 0 Å². The van der Waals surface area contributed by atoms with Crippen LogP contribution in [0.15, 0.2) is 48.8 Å². The summed E-state index contributed by atoms with van der Waals surface area (Å²) < 4.78 is 25.3. The van der Waals surface area contributed by atoms with Gasteiger partial charge in [-0.25, -0.2) is 8.42 Å². The maximum Gasteiger partial charge on any atom is 0.232 e. The average Bonchev–Trinajstić information content (AvgIpc) is 2.56. The van der Waals surface area contributed by atoms with Crippen LogP contribution in [0.5, 0.6) is 0 Å². The summed E-state index contributed by atoms with van der Waals surface area (Å²) in [5, 5.41) is 3.25. The first-order chi connectivity index (χ1) is 11.9. The Kier molecular flexibility index (Phi) is 6.78. The molecule has 0 fully saturated rings. The van der Waals surface area contributed by atoms with Gasteiger partial charge in [-0.3, -0.25) is 14.1 Å². The molecule has 0 saturated heterocycles. The molecule has 134 valence electrons. The van der Waals surface area contributed by atoms with Crippen LogP contribution in [0.25, 0.3) is 0 Å². The standard InChI is InChI=1S/C17H20ClN3O3S/c1-25(23,24)21(16-7-2-6-15(18)11-16)10-4-8-17(22)20-13-14-5-3-9-19-12-14/h2-3,5-7,9,11-12H,4,8,10,13H2,1H3,(H,20,22). The highest BCUT2D eigenvalue weighted by Crippen LogP contribution is 2.22. The van der Waals surface area contributed by atoms with Crippen molar-refractivity contribution in [2.75, 3.05) is 17.1 Å². The van der Waals surface area contributed by atoms with Crippen LogP contribution >= 0.6 is 11.6 Å². The fraction of sp³-hybridized carbons (Fsp3) is 0.294. The molecule has 0 aliphatic carbocycles. The number of anilines is 1. The third kappa shape index (κ3) is 6.36. The molecule has 0 unspecified atom stereocenters. The number of aromatic nitrogens is 1. The zero-order valence-corrected chi connectivity index (χ0v) is 15.4. The smallest absolute Gasteiger partial charge is 0.232 e. The molecule has 0 saturated carbocycles. The van der Waals surface area contributed by atoms with Gasteiger partial charge in [0.1, 0.15) is 0 Å². The largest absolute Gasteiger partial charge is 0.352 e. The lowest BCUT2D eigenvalue weighted by Crippen LogP contribution is -2.32. The highest BCUT2D eigenvalue weighted by atomic mass is 35.5. The summed E-state index contributed by atoms with van der Waals surface area (Å²) >= 11 is 5.93. The summed E-state index contributed by atoms with van der Waals surface area (Å²) in [4.78, 5) is 15.9. The Morgan fingerprint density at radius 2 is 2.08 bits per heavy atom. The van der Waals surface area contributed by atoms with Gasteiger partial charge >= 0.3 is 0 Å². The normalized spacial score (nSPS) is 11.1. The van der Waals surface area contributed by atoms with Crippen LogP contribution < -0.4 is 9.62 Å². The van der Waals surface area contributed by atoms with E-state index in [1.165, 1.54) is 4.31 Å². The van der Waals surface area contributed by atoms with Gasteiger partial charge in [0.2, 0.25) is 15.9 Å². The van der Waals surface area contributed by atoms with Gasteiger partial charge in [0, 0.05) is 36.9 Å². The van der Waals surface area contributed by atoms with Crippen LogP contribution in [-0.4, -0.2) is 32.1 Å². The van der Waals surface area contributed by atoms with E-state index in [4.69, 9.17) is 11.6 Å².